The molecule has 2 heterocycles. The molecule has 6 nitrogen and oxygen atoms in total. The fourth-order valence-corrected chi connectivity index (χ4v) is 2.83. The van der Waals surface area contributed by atoms with Gasteiger partial charge in [0.05, 0.1) is 17.7 Å². The minimum absolute atomic E-state index is 0.289. The Hall–Kier alpha value is -2.73. The lowest BCUT2D eigenvalue weighted by Gasteiger charge is -2.26. The number of nitrogens with one attached hydrogen (secondary N) is 2. The molecule has 0 bridgehead atoms. The minimum Gasteiger partial charge on any atom is -0.466 e. The summed E-state index contributed by atoms with van der Waals surface area (Å²) in [5.41, 5.74) is 1.44. The highest BCUT2D eigenvalue weighted by Crippen LogP contribution is 2.34. The number of benzene rings is 1. The number of ether oxygens (including phenoxy) is 1. The second kappa shape index (κ2) is 6.41. The van der Waals surface area contributed by atoms with Gasteiger partial charge in [0.1, 0.15) is 17.6 Å². The summed E-state index contributed by atoms with van der Waals surface area (Å²) in [4.78, 5) is 23.8. The number of allylic oxidation sites excluding steroid dienone is 1. The summed E-state index contributed by atoms with van der Waals surface area (Å²) < 4.78 is 10.6. The molecule has 7 heteroatoms. The van der Waals surface area contributed by atoms with Gasteiger partial charge in [0, 0.05) is 11.3 Å². The molecule has 124 valence electrons. The molecule has 1 aromatic carbocycles. The lowest BCUT2D eigenvalue weighted by Crippen LogP contribution is -2.45. The Morgan fingerprint density at radius 1 is 1.25 bits per heavy atom. The molecule has 1 atom stereocenters. The molecular formula is C17H15ClN2O4. The fraction of sp³-hybridized carbons (Fsp3) is 0.176. The van der Waals surface area contributed by atoms with Crippen LogP contribution < -0.4 is 10.6 Å². The number of esters is 1. The van der Waals surface area contributed by atoms with Crippen LogP contribution in [-0.4, -0.2) is 19.1 Å². The Kier molecular flexibility index (Phi) is 4.31. The van der Waals surface area contributed by atoms with Crippen molar-refractivity contribution in [2.45, 2.75) is 13.0 Å². The van der Waals surface area contributed by atoms with Gasteiger partial charge < -0.3 is 19.8 Å². The van der Waals surface area contributed by atoms with E-state index in [-0.39, 0.29) is 5.57 Å². The van der Waals surface area contributed by atoms with E-state index in [0.717, 1.165) is 5.56 Å². The Bertz CT molecular complexity index is 841. The molecule has 24 heavy (non-hydrogen) atoms. The first kappa shape index (κ1) is 16.1. The normalized spacial score (nSPS) is 17.3. The summed E-state index contributed by atoms with van der Waals surface area (Å²) in [5.74, 6) is 0.422. The number of urea groups is 1. The van der Waals surface area contributed by atoms with Gasteiger partial charge >= 0.3 is 12.0 Å². The van der Waals surface area contributed by atoms with Crippen molar-refractivity contribution in [3.63, 3.8) is 0 Å². The zero-order chi connectivity index (χ0) is 17.3. The number of hydrogen-bond acceptors (Lipinski definition) is 4. The van der Waals surface area contributed by atoms with Crippen molar-refractivity contribution in [1.82, 2.24) is 10.6 Å². The van der Waals surface area contributed by atoms with Crippen molar-refractivity contribution in [3.8, 4) is 11.3 Å². The first-order valence-electron chi connectivity index (χ1n) is 7.22. The zero-order valence-electron chi connectivity index (χ0n) is 13.1. The van der Waals surface area contributed by atoms with Crippen molar-refractivity contribution in [2.75, 3.05) is 7.11 Å². The summed E-state index contributed by atoms with van der Waals surface area (Å²) in [5, 5.41) is 5.78. The molecule has 2 amide bonds. The van der Waals surface area contributed by atoms with Crippen molar-refractivity contribution in [3.05, 3.63) is 58.5 Å². The topological polar surface area (TPSA) is 80.6 Å². The Morgan fingerprint density at radius 3 is 2.71 bits per heavy atom. The average molecular weight is 347 g/mol. The van der Waals surface area contributed by atoms with E-state index in [1.807, 2.05) is 18.2 Å². The fourth-order valence-electron chi connectivity index (χ4n) is 2.60. The van der Waals surface area contributed by atoms with Crippen LogP contribution in [-0.2, 0) is 9.53 Å². The van der Waals surface area contributed by atoms with Gasteiger partial charge in [-0.15, -0.1) is 0 Å². The van der Waals surface area contributed by atoms with Crippen LogP contribution in [0.1, 0.15) is 18.7 Å². The van der Waals surface area contributed by atoms with Crippen molar-refractivity contribution >= 4 is 23.6 Å². The van der Waals surface area contributed by atoms with Crippen molar-refractivity contribution in [2.24, 2.45) is 0 Å². The molecule has 1 aliphatic rings. The van der Waals surface area contributed by atoms with Crippen LogP contribution in [0.15, 0.2) is 52.1 Å². The summed E-state index contributed by atoms with van der Waals surface area (Å²) in [6, 6.07) is 9.55. The molecule has 3 rings (SSSR count). The maximum absolute atomic E-state index is 12.1. The number of carbonyl (C=O) groups excluding carboxylic acids is 2. The maximum atomic E-state index is 12.1. The van der Waals surface area contributed by atoms with Gasteiger partial charge in [-0.1, -0.05) is 23.7 Å². The first-order valence-corrected chi connectivity index (χ1v) is 7.60. The van der Waals surface area contributed by atoms with Crippen molar-refractivity contribution in [1.29, 1.82) is 0 Å². The molecule has 0 radical (unpaired) electrons. The number of amides is 2. The molecule has 0 saturated carbocycles. The third-order valence-corrected chi connectivity index (χ3v) is 4.05. The largest absolute Gasteiger partial charge is 0.466 e. The van der Waals surface area contributed by atoms with E-state index in [0.29, 0.717) is 22.2 Å². The van der Waals surface area contributed by atoms with E-state index in [1.165, 1.54) is 7.11 Å². The molecule has 1 aromatic heterocycles. The molecule has 2 aromatic rings. The van der Waals surface area contributed by atoms with Gasteiger partial charge in [-0.25, -0.2) is 9.59 Å². The zero-order valence-corrected chi connectivity index (χ0v) is 13.8. The van der Waals surface area contributed by atoms with Crippen LogP contribution in [0.2, 0.25) is 5.02 Å². The van der Waals surface area contributed by atoms with Gasteiger partial charge in [0.25, 0.3) is 0 Å². The number of methoxy groups -OCH3 is 1. The quantitative estimate of drug-likeness (QED) is 0.835. The lowest BCUT2D eigenvalue weighted by atomic mass is 10.0. The Labute approximate surface area is 143 Å². The van der Waals surface area contributed by atoms with Gasteiger partial charge in [0.2, 0.25) is 0 Å². The monoisotopic (exact) mass is 346 g/mol. The number of halogens is 1. The molecule has 1 aliphatic heterocycles. The molecular weight excluding hydrogens is 332 g/mol. The van der Waals surface area contributed by atoms with E-state index in [2.05, 4.69) is 10.6 Å². The van der Waals surface area contributed by atoms with Crippen LogP contribution in [0, 0.1) is 0 Å². The SMILES string of the molecule is COC(=O)C1=C(C)NC(=O)N[C@@H]1c1ccc(-c2ccccc2Cl)o1. The highest BCUT2D eigenvalue weighted by molar-refractivity contribution is 6.33. The predicted octanol–water partition coefficient (Wildman–Crippen LogP) is 3.40. The van der Waals surface area contributed by atoms with E-state index >= 15 is 0 Å². The van der Waals surface area contributed by atoms with Gasteiger partial charge in [0.15, 0.2) is 0 Å². The van der Waals surface area contributed by atoms with E-state index in [9.17, 15) is 9.59 Å². The minimum atomic E-state index is -0.734. The molecule has 2 N–H and O–H groups in total. The predicted molar refractivity (Wildman–Crippen MR) is 88.3 cm³/mol. The lowest BCUT2D eigenvalue weighted by molar-refractivity contribution is -0.136. The standard InChI is InChI=1S/C17H15ClN2O4/c1-9-14(16(21)23-2)15(20-17(22)19-9)13-8-7-12(24-13)10-5-3-4-6-11(10)18/h3-8,15H,1-2H3,(H2,19,20,22)/t15-/m1/s1. The van der Waals surface area contributed by atoms with E-state index in [1.54, 1.807) is 25.1 Å². The summed E-state index contributed by atoms with van der Waals surface area (Å²) in [6.07, 6.45) is 0. The Morgan fingerprint density at radius 2 is 2.00 bits per heavy atom. The number of hydrogen-bond donors (Lipinski definition) is 2. The van der Waals surface area contributed by atoms with E-state index in [4.69, 9.17) is 20.8 Å². The van der Waals surface area contributed by atoms with Gasteiger partial charge in [-0.3, -0.25) is 0 Å². The van der Waals surface area contributed by atoms with Crippen LogP contribution in [0.4, 0.5) is 4.79 Å². The third-order valence-electron chi connectivity index (χ3n) is 3.73. The first-order chi connectivity index (χ1) is 11.5. The molecule has 0 aliphatic carbocycles. The second-order valence-corrected chi connectivity index (χ2v) is 5.65. The molecule has 0 unspecified atom stereocenters. The second-order valence-electron chi connectivity index (χ2n) is 5.24. The van der Waals surface area contributed by atoms with Crippen LogP contribution in [0.3, 0.4) is 0 Å². The molecule has 0 saturated heterocycles. The van der Waals surface area contributed by atoms with E-state index < -0.39 is 18.0 Å². The molecule has 0 fully saturated rings. The highest BCUT2D eigenvalue weighted by atomic mass is 35.5. The smallest absolute Gasteiger partial charge is 0.338 e. The summed E-state index contributed by atoms with van der Waals surface area (Å²) in [6.45, 7) is 1.63. The maximum Gasteiger partial charge on any atom is 0.338 e. The third kappa shape index (κ3) is 2.88. The van der Waals surface area contributed by atoms with Gasteiger partial charge in [-0.2, -0.15) is 0 Å². The van der Waals surface area contributed by atoms with Crippen LogP contribution in [0.5, 0.6) is 0 Å². The van der Waals surface area contributed by atoms with Gasteiger partial charge in [-0.05, 0) is 31.2 Å². The summed E-state index contributed by atoms with van der Waals surface area (Å²) in [7, 11) is 1.29. The number of furan rings is 1. The summed E-state index contributed by atoms with van der Waals surface area (Å²) >= 11 is 6.18. The number of rotatable bonds is 3. The van der Waals surface area contributed by atoms with Crippen LogP contribution >= 0.6 is 11.6 Å². The van der Waals surface area contributed by atoms with Crippen molar-refractivity contribution < 1.29 is 18.7 Å². The van der Waals surface area contributed by atoms with Crippen LogP contribution in [0.25, 0.3) is 11.3 Å². The average Bonchev–Trinajstić information content (AvgIpc) is 3.03. The molecule has 0 spiro atoms. The number of carbonyl (C=O) groups is 2. The highest BCUT2D eigenvalue weighted by Gasteiger charge is 2.34. The Balaban J connectivity index is 2.02.